The zero-order valence-electron chi connectivity index (χ0n) is 13.5. The maximum atomic E-state index is 9.37. The molecule has 1 atom stereocenters. The third kappa shape index (κ3) is 6.57. The van der Waals surface area contributed by atoms with E-state index in [0.29, 0.717) is 37.5 Å². The van der Waals surface area contributed by atoms with Crippen molar-refractivity contribution in [3.63, 3.8) is 0 Å². The molecule has 0 aliphatic carbocycles. The first-order valence-electron chi connectivity index (χ1n) is 7.58. The van der Waals surface area contributed by atoms with Gasteiger partial charge in [-0.2, -0.15) is 15.0 Å². The molecule has 0 aliphatic heterocycles. The Morgan fingerprint density at radius 2 is 2.00 bits per heavy atom. The molecule has 0 aromatic carbocycles. The van der Waals surface area contributed by atoms with E-state index in [9.17, 15) is 5.11 Å². The van der Waals surface area contributed by atoms with Crippen LogP contribution >= 0.6 is 0 Å². The third-order valence-electron chi connectivity index (χ3n) is 2.80. The molecule has 0 radical (unpaired) electrons. The van der Waals surface area contributed by atoms with E-state index in [0.717, 1.165) is 19.4 Å². The number of hydrogen-bond acceptors (Lipinski definition) is 7. The number of hydrogen-bond donors (Lipinski definition) is 2. The second-order valence-electron chi connectivity index (χ2n) is 5.08. The summed E-state index contributed by atoms with van der Waals surface area (Å²) in [5, 5.41) is 12.5. The van der Waals surface area contributed by atoms with Crippen molar-refractivity contribution < 1.29 is 9.84 Å². The Kier molecular flexibility index (Phi) is 7.74. The highest BCUT2D eigenvalue weighted by atomic mass is 16.5. The lowest BCUT2D eigenvalue weighted by Crippen LogP contribution is -2.24. The summed E-state index contributed by atoms with van der Waals surface area (Å²) in [6.07, 6.45) is 2.20. The van der Waals surface area contributed by atoms with Crippen LogP contribution in [-0.4, -0.2) is 52.9 Å². The Morgan fingerprint density at radius 3 is 2.62 bits per heavy atom. The van der Waals surface area contributed by atoms with Gasteiger partial charge in [-0.15, -0.1) is 0 Å². The molecular formula is C14H27N5O2. The van der Waals surface area contributed by atoms with Gasteiger partial charge >= 0.3 is 6.01 Å². The SMILES string of the molecule is CCCNc1nc(OCCC)nc(N(C)CCC(C)O)n1. The van der Waals surface area contributed by atoms with Gasteiger partial charge in [-0.3, -0.25) is 0 Å². The van der Waals surface area contributed by atoms with Gasteiger partial charge in [-0.05, 0) is 26.2 Å². The van der Waals surface area contributed by atoms with Gasteiger partial charge in [0.25, 0.3) is 0 Å². The zero-order chi connectivity index (χ0) is 15.7. The molecule has 2 N–H and O–H groups in total. The van der Waals surface area contributed by atoms with Crippen LogP contribution in [0, 0.1) is 0 Å². The number of aromatic nitrogens is 3. The van der Waals surface area contributed by atoms with Gasteiger partial charge in [0.15, 0.2) is 0 Å². The van der Waals surface area contributed by atoms with E-state index >= 15 is 0 Å². The number of aliphatic hydroxyl groups excluding tert-OH is 1. The maximum absolute atomic E-state index is 9.37. The first-order chi connectivity index (χ1) is 10.1. The molecule has 1 aromatic heterocycles. The van der Waals surface area contributed by atoms with E-state index in [1.54, 1.807) is 6.92 Å². The lowest BCUT2D eigenvalue weighted by atomic mass is 10.3. The van der Waals surface area contributed by atoms with Crippen LogP contribution in [0.25, 0.3) is 0 Å². The Morgan fingerprint density at radius 1 is 1.24 bits per heavy atom. The van der Waals surface area contributed by atoms with E-state index in [2.05, 4.69) is 27.2 Å². The minimum atomic E-state index is -0.345. The summed E-state index contributed by atoms with van der Waals surface area (Å²) in [5.41, 5.74) is 0. The number of aliphatic hydroxyl groups is 1. The van der Waals surface area contributed by atoms with Crippen LogP contribution in [0.3, 0.4) is 0 Å². The molecule has 1 unspecified atom stereocenters. The van der Waals surface area contributed by atoms with Crippen LogP contribution < -0.4 is 15.0 Å². The number of nitrogens with one attached hydrogen (secondary N) is 1. The Balaban J connectivity index is 2.83. The quantitative estimate of drug-likeness (QED) is 0.680. The summed E-state index contributed by atoms with van der Waals surface area (Å²) in [6.45, 7) is 7.93. The smallest absolute Gasteiger partial charge is 0.323 e. The van der Waals surface area contributed by atoms with Crippen molar-refractivity contribution >= 4 is 11.9 Å². The molecule has 0 aliphatic rings. The molecule has 1 rings (SSSR count). The summed E-state index contributed by atoms with van der Waals surface area (Å²) < 4.78 is 5.51. The van der Waals surface area contributed by atoms with E-state index in [1.807, 2.05) is 18.9 Å². The van der Waals surface area contributed by atoms with Crippen LogP contribution in [0.5, 0.6) is 6.01 Å². The molecule has 0 saturated heterocycles. The fraction of sp³-hybridized carbons (Fsp3) is 0.786. The maximum Gasteiger partial charge on any atom is 0.323 e. The molecule has 0 spiro atoms. The fourth-order valence-corrected chi connectivity index (χ4v) is 1.57. The first-order valence-corrected chi connectivity index (χ1v) is 7.58. The number of ether oxygens (including phenoxy) is 1. The number of rotatable bonds is 10. The Labute approximate surface area is 126 Å². The lowest BCUT2D eigenvalue weighted by Gasteiger charge is -2.19. The highest BCUT2D eigenvalue weighted by Gasteiger charge is 2.11. The van der Waals surface area contributed by atoms with Crippen LogP contribution in [0.1, 0.15) is 40.0 Å². The topological polar surface area (TPSA) is 83.4 Å². The molecule has 1 heterocycles. The standard InChI is InChI=1S/C14H27N5O2/c1-5-8-15-12-16-13(19(4)9-7-11(3)20)18-14(17-12)21-10-6-2/h11,20H,5-10H2,1-4H3,(H,15,16,17,18). The third-order valence-corrected chi connectivity index (χ3v) is 2.80. The average molecular weight is 297 g/mol. The fourth-order valence-electron chi connectivity index (χ4n) is 1.57. The largest absolute Gasteiger partial charge is 0.463 e. The van der Waals surface area contributed by atoms with Crippen molar-refractivity contribution in [1.29, 1.82) is 0 Å². The summed E-state index contributed by atoms with van der Waals surface area (Å²) in [7, 11) is 1.89. The van der Waals surface area contributed by atoms with Crippen molar-refractivity contribution in [2.45, 2.75) is 46.1 Å². The molecule has 0 saturated carbocycles. The first kappa shape index (κ1) is 17.4. The van der Waals surface area contributed by atoms with Crippen molar-refractivity contribution in [3.05, 3.63) is 0 Å². The number of nitrogens with zero attached hydrogens (tertiary/aromatic N) is 4. The summed E-state index contributed by atoms with van der Waals surface area (Å²) in [5.74, 6) is 1.08. The van der Waals surface area contributed by atoms with E-state index in [-0.39, 0.29) is 6.10 Å². The van der Waals surface area contributed by atoms with Crippen LogP contribution in [-0.2, 0) is 0 Å². The second-order valence-corrected chi connectivity index (χ2v) is 5.08. The van der Waals surface area contributed by atoms with E-state index in [4.69, 9.17) is 4.74 Å². The van der Waals surface area contributed by atoms with Gasteiger partial charge in [-0.1, -0.05) is 13.8 Å². The van der Waals surface area contributed by atoms with Gasteiger partial charge in [0, 0.05) is 20.1 Å². The summed E-state index contributed by atoms with van der Waals surface area (Å²) in [4.78, 5) is 14.9. The van der Waals surface area contributed by atoms with Crippen LogP contribution in [0.15, 0.2) is 0 Å². The van der Waals surface area contributed by atoms with Crippen LogP contribution in [0.2, 0.25) is 0 Å². The zero-order valence-corrected chi connectivity index (χ0v) is 13.5. The lowest BCUT2D eigenvalue weighted by molar-refractivity contribution is 0.186. The van der Waals surface area contributed by atoms with E-state index in [1.165, 1.54) is 0 Å². The molecule has 0 bridgehead atoms. The van der Waals surface area contributed by atoms with E-state index < -0.39 is 0 Å². The van der Waals surface area contributed by atoms with Gasteiger partial charge < -0.3 is 20.1 Å². The Hall–Kier alpha value is -1.63. The molecule has 0 fully saturated rings. The molecule has 120 valence electrons. The highest BCUT2D eigenvalue weighted by molar-refractivity contribution is 5.37. The predicted octanol–water partition coefficient (Wildman–Crippen LogP) is 1.69. The Bertz CT molecular complexity index is 388. The monoisotopic (exact) mass is 297 g/mol. The van der Waals surface area contributed by atoms with Gasteiger partial charge in [0.1, 0.15) is 0 Å². The normalized spacial score (nSPS) is 12.0. The van der Waals surface area contributed by atoms with Gasteiger partial charge in [0.05, 0.1) is 12.7 Å². The van der Waals surface area contributed by atoms with Crippen molar-refractivity contribution in [2.24, 2.45) is 0 Å². The molecule has 7 nitrogen and oxygen atoms in total. The highest BCUT2D eigenvalue weighted by Crippen LogP contribution is 2.15. The predicted molar refractivity (Wildman–Crippen MR) is 84.0 cm³/mol. The van der Waals surface area contributed by atoms with Crippen molar-refractivity contribution in [2.75, 3.05) is 37.0 Å². The van der Waals surface area contributed by atoms with Crippen LogP contribution in [0.4, 0.5) is 11.9 Å². The molecule has 1 aromatic rings. The minimum absolute atomic E-state index is 0.337. The molecule has 7 heteroatoms. The van der Waals surface area contributed by atoms with Crippen molar-refractivity contribution in [3.8, 4) is 6.01 Å². The van der Waals surface area contributed by atoms with Gasteiger partial charge in [0.2, 0.25) is 11.9 Å². The minimum Gasteiger partial charge on any atom is -0.463 e. The van der Waals surface area contributed by atoms with Crippen molar-refractivity contribution in [1.82, 2.24) is 15.0 Å². The molecule has 21 heavy (non-hydrogen) atoms. The average Bonchev–Trinajstić information content (AvgIpc) is 2.48. The summed E-state index contributed by atoms with van der Waals surface area (Å²) in [6, 6.07) is 0.337. The molecule has 0 amide bonds. The summed E-state index contributed by atoms with van der Waals surface area (Å²) >= 11 is 0. The number of anilines is 2. The second kappa shape index (κ2) is 9.33. The molecular weight excluding hydrogens is 270 g/mol. The van der Waals surface area contributed by atoms with Gasteiger partial charge in [-0.25, -0.2) is 0 Å².